The second-order valence-corrected chi connectivity index (χ2v) is 7.71. The highest BCUT2D eigenvalue weighted by Gasteiger charge is 2.31. The number of nitrogens with zero attached hydrogens (tertiary/aromatic N) is 1. The fourth-order valence-electron chi connectivity index (χ4n) is 1.88. The van der Waals surface area contributed by atoms with Gasteiger partial charge in [-0.05, 0) is 45.3 Å². The largest absolute Gasteiger partial charge is 0.329 e. The van der Waals surface area contributed by atoms with Gasteiger partial charge in [-0.2, -0.15) is 0 Å². The number of hydrogen-bond donors (Lipinski definition) is 2. The van der Waals surface area contributed by atoms with Crippen LogP contribution in [0.1, 0.15) is 26.7 Å². The monoisotopic (exact) mass is 263 g/mol. The number of nitrogens with one attached hydrogen (secondary N) is 1. The van der Waals surface area contributed by atoms with E-state index in [1.54, 1.807) is 6.92 Å². The topological polar surface area (TPSA) is 75.4 Å². The van der Waals surface area contributed by atoms with E-state index < -0.39 is 15.3 Å². The highest BCUT2D eigenvalue weighted by atomic mass is 32.2. The number of hydrogen-bond acceptors (Lipinski definition) is 4. The summed E-state index contributed by atoms with van der Waals surface area (Å²) in [5.41, 5.74) is 5.47. The van der Waals surface area contributed by atoms with Crippen molar-refractivity contribution in [3.63, 3.8) is 0 Å². The average molecular weight is 263 g/mol. The van der Waals surface area contributed by atoms with Crippen LogP contribution in [0.3, 0.4) is 0 Å². The molecule has 102 valence electrons. The third-order valence-electron chi connectivity index (χ3n) is 3.76. The van der Waals surface area contributed by atoms with E-state index in [0.29, 0.717) is 6.54 Å². The van der Waals surface area contributed by atoms with Gasteiger partial charge in [-0.3, -0.25) is 0 Å². The predicted molar refractivity (Wildman–Crippen MR) is 70.3 cm³/mol. The Hall–Kier alpha value is -0.170. The molecule has 1 fully saturated rings. The van der Waals surface area contributed by atoms with Gasteiger partial charge in [0, 0.05) is 13.1 Å². The first-order valence-electron chi connectivity index (χ1n) is 6.16. The zero-order valence-electron chi connectivity index (χ0n) is 11.1. The maximum Gasteiger partial charge on any atom is 0.215 e. The zero-order chi connectivity index (χ0) is 13.1. The fraction of sp³-hybridized carbons (Fsp3) is 1.00. The summed E-state index contributed by atoms with van der Waals surface area (Å²) in [7, 11) is -1.15. The minimum atomic E-state index is -3.25. The molecule has 0 radical (unpaired) electrons. The molecule has 0 spiro atoms. The van der Waals surface area contributed by atoms with Crippen molar-refractivity contribution in [2.24, 2.45) is 11.1 Å². The SMILES string of the molecule is CC(CN)S(=O)(=O)NCC1(C)CCN(C)CC1. The highest BCUT2D eigenvalue weighted by Crippen LogP contribution is 2.29. The molecule has 5 nitrogen and oxygen atoms in total. The number of sulfonamides is 1. The summed E-state index contributed by atoms with van der Waals surface area (Å²) >= 11 is 0. The van der Waals surface area contributed by atoms with E-state index in [2.05, 4.69) is 23.6 Å². The molecule has 1 rings (SSSR count). The minimum absolute atomic E-state index is 0.0773. The molecule has 1 atom stereocenters. The van der Waals surface area contributed by atoms with Gasteiger partial charge in [-0.25, -0.2) is 13.1 Å². The average Bonchev–Trinajstić information content (AvgIpc) is 2.30. The molecule has 0 bridgehead atoms. The maximum atomic E-state index is 11.8. The van der Waals surface area contributed by atoms with Crippen LogP contribution in [0.2, 0.25) is 0 Å². The van der Waals surface area contributed by atoms with E-state index in [1.807, 2.05) is 0 Å². The number of likely N-dealkylation sites (tertiary alicyclic amines) is 1. The lowest BCUT2D eigenvalue weighted by molar-refractivity contribution is 0.143. The van der Waals surface area contributed by atoms with E-state index in [-0.39, 0.29) is 12.0 Å². The van der Waals surface area contributed by atoms with Gasteiger partial charge in [-0.1, -0.05) is 6.92 Å². The lowest BCUT2D eigenvalue weighted by atomic mass is 9.81. The van der Waals surface area contributed by atoms with E-state index in [1.165, 1.54) is 0 Å². The third kappa shape index (κ3) is 4.21. The summed E-state index contributed by atoms with van der Waals surface area (Å²) in [4.78, 5) is 2.28. The second kappa shape index (κ2) is 5.65. The smallest absolute Gasteiger partial charge is 0.215 e. The molecule has 1 aliphatic heterocycles. The first kappa shape index (κ1) is 14.9. The molecule has 0 aromatic rings. The van der Waals surface area contributed by atoms with Crippen molar-refractivity contribution in [3.8, 4) is 0 Å². The Kier molecular flexibility index (Phi) is 4.95. The molecule has 3 N–H and O–H groups in total. The van der Waals surface area contributed by atoms with Crippen molar-refractivity contribution in [1.29, 1.82) is 0 Å². The lowest BCUT2D eigenvalue weighted by Crippen LogP contribution is -2.46. The molecule has 6 heteroatoms. The second-order valence-electron chi connectivity index (χ2n) is 5.53. The summed E-state index contributed by atoms with van der Waals surface area (Å²) in [5, 5.41) is -0.516. The summed E-state index contributed by atoms with van der Waals surface area (Å²) in [5.74, 6) is 0. The molecule has 17 heavy (non-hydrogen) atoms. The van der Waals surface area contributed by atoms with E-state index in [0.717, 1.165) is 25.9 Å². The number of piperidine rings is 1. The number of rotatable bonds is 5. The van der Waals surface area contributed by atoms with Crippen molar-refractivity contribution in [1.82, 2.24) is 9.62 Å². The molecule has 1 heterocycles. The Labute approximate surface area is 105 Å². The van der Waals surface area contributed by atoms with Crippen LogP contribution < -0.4 is 10.5 Å². The molecule has 1 aliphatic rings. The molecular formula is C11H25N3O2S. The van der Waals surface area contributed by atoms with E-state index in [9.17, 15) is 8.42 Å². The Bertz CT molecular complexity index is 335. The first-order valence-corrected chi connectivity index (χ1v) is 7.71. The zero-order valence-corrected chi connectivity index (χ0v) is 11.9. The summed E-state index contributed by atoms with van der Waals surface area (Å²) in [6.07, 6.45) is 2.06. The van der Waals surface area contributed by atoms with Crippen LogP contribution in [-0.4, -0.2) is 51.8 Å². The fourth-order valence-corrected chi connectivity index (χ4v) is 2.97. The standard InChI is InChI=1S/C11H25N3O2S/c1-10(8-12)17(15,16)13-9-11(2)4-6-14(3)7-5-11/h10,13H,4-9,12H2,1-3H3. The molecular weight excluding hydrogens is 238 g/mol. The Morgan fingerprint density at radius 2 is 1.94 bits per heavy atom. The van der Waals surface area contributed by atoms with Crippen molar-refractivity contribution in [3.05, 3.63) is 0 Å². The summed E-state index contributed by atoms with van der Waals surface area (Å²) < 4.78 is 26.3. The minimum Gasteiger partial charge on any atom is -0.329 e. The molecule has 1 saturated heterocycles. The van der Waals surface area contributed by atoms with Gasteiger partial charge in [0.05, 0.1) is 5.25 Å². The molecule has 1 unspecified atom stereocenters. The van der Waals surface area contributed by atoms with Gasteiger partial charge >= 0.3 is 0 Å². The molecule has 0 aliphatic carbocycles. The van der Waals surface area contributed by atoms with Gasteiger partial charge in [-0.15, -0.1) is 0 Å². The van der Waals surface area contributed by atoms with Gasteiger partial charge in [0.2, 0.25) is 10.0 Å². The van der Waals surface area contributed by atoms with Crippen molar-refractivity contribution in [2.45, 2.75) is 31.9 Å². The molecule has 0 aromatic heterocycles. The normalized spacial score (nSPS) is 23.5. The van der Waals surface area contributed by atoms with Gasteiger partial charge < -0.3 is 10.6 Å². The maximum absolute atomic E-state index is 11.8. The van der Waals surface area contributed by atoms with Crippen LogP contribution in [0.15, 0.2) is 0 Å². The van der Waals surface area contributed by atoms with Crippen molar-refractivity contribution >= 4 is 10.0 Å². The van der Waals surface area contributed by atoms with Crippen molar-refractivity contribution < 1.29 is 8.42 Å². The van der Waals surface area contributed by atoms with Crippen molar-refractivity contribution in [2.75, 3.05) is 33.2 Å². The molecule has 0 amide bonds. The highest BCUT2D eigenvalue weighted by molar-refractivity contribution is 7.90. The molecule has 0 aromatic carbocycles. The Morgan fingerprint density at radius 3 is 2.41 bits per heavy atom. The molecule has 0 saturated carbocycles. The van der Waals surface area contributed by atoms with Gasteiger partial charge in [0.1, 0.15) is 0 Å². The van der Waals surface area contributed by atoms with Crippen LogP contribution in [0.25, 0.3) is 0 Å². The Balaban J connectivity index is 2.50. The van der Waals surface area contributed by atoms with Crippen LogP contribution in [0, 0.1) is 5.41 Å². The predicted octanol–water partition coefficient (Wildman–Crippen LogP) is -0.0151. The van der Waals surface area contributed by atoms with Crippen LogP contribution in [0.4, 0.5) is 0 Å². The lowest BCUT2D eigenvalue weighted by Gasteiger charge is -2.38. The van der Waals surface area contributed by atoms with Gasteiger partial charge in [0.15, 0.2) is 0 Å². The van der Waals surface area contributed by atoms with Crippen LogP contribution in [0.5, 0.6) is 0 Å². The third-order valence-corrected chi connectivity index (χ3v) is 5.55. The van der Waals surface area contributed by atoms with Crippen LogP contribution in [-0.2, 0) is 10.0 Å². The summed E-state index contributed by atoms with van der Waals surface area (Å²) in [6.45, 7) is 6.53. The quantitative estimate of drug-likeness (QED) is 0.731. The Morgan fingerprint density at radius 1 is 1.41 bits per heavy atom. The van der Waals surface area contributed by atoms with Crippen LogP contribution >= 0.6 is 0 Å². The number of nitrogens with two attached hydrogens (primary N) is 1. The summed E-state index contributed by atoms with van der Waals surface area (Å²) in [6, 6.07) is 0. The van der Waals surface area contributed by atoms with E-state index in [4.69, 9.17) is 5.73 Å². The van der Waals surface area contributed by atoms with Gasteiger partial charge in [0.25, 0.3) is 0 Å². The first-order chi connectivity index (χ1) is 7.79. The van der Waals surface area contributed by atoms with E-state index >= 15 is 0 Å².